The van der Waals surface area contributed by atoms with Crippen LogP contribution in [0.4, 0.5) is 4.79 Å². The summed E-state index contributed by atoms with van der Waals surface area (Å²) in [5, 5.41) is 3.25. The summed E-state index contributed by atoms with van der Waals surface area (Å²) in [6.07, 6.45) is -0.849. The lowest BCUT2D eigenvalue weighted by atomic mass is 10.2. The third-order valence-electron chi connectivity index (χ3n) is 3.43. The Kier molecular flexibility index (Phi) is 3.54. The second-order valence-corrected chi connectivity index (χ2v) is 5.08. The number of nitrogens with zero attached hydrogens (tertiary/aromatic N) is 1. The number of para-hydroxylation sites is 1. The van der Waals surface area contributed by atoms with Crippen LogP contribution in [0.2, 0.25) is 0 Å². The van der Waals surface area contributed by atoms with Gasteiger partial charge in [-0.3, -0.25) is 4.79 Å². The lowest BCUT2D eigenvalue weighted by Crippen LogP contribution is -2.36. The van der Waals surface area contributed by atoms with Crippen molar-refractivity contribution in [1.82, 2.24) is 10.2 Å². The van der Waals surface area contributed by atoms with E-state index in [9.17, 15) is 14.4 Å². The molecule has 0 aliphatic carbocycles. The number of carbonyl (C=O) groups is 2. The lowest BCUT2D eigenvalue weighted by Gasteiger charge is -2.09. The normalized spacial score (nSPS) is 17.6. The molecule has 0 spiro atoms. The number of likely N-dealkylation sites (N-methyl/N-ethyl adjacent to an activating group) is 1. The van der Waals surface area contributed by atoms with E-state index < -0.39 is 23.7 Å². The van der Waals surface area contributed by atoms with Gasteiger partial charge < -0.3 is 19.4 Å². The van der Waals surface area contributed by atoms with Crippen molar-refractivity contribution >= 4 is 23.0 Å². The molecule has 1 N–H and O–H groups in total. The lowest BCUT2D eigenvalue weighted by molar-refractivity contribution is 0.0911. The van der Waals surface area contributed by atoms with Crippen molar-refractivity contribution in [2.75, 3.05) is 20.1 Å². The zero-order valence-corrected chi connectivity index (χ0v) is 11.9. The van der Waals surface area contributed by atoms with E-state index in [0.29, 0.717) is 17.5 Å². The van der Waals surface area contributed by atoms with Crippen LogP contribution in [0, 0.1) is 0 Å². The van der Waals surface area contributed by atoms with Crippen molar-refractivity contribution in [3.05, 3.63) is 46.3 Å². The third-order valence-corrected chi connectivity index (χ3v) is 3.43. The first kappa shape index (κ1) is 14.1. The summed E-state index contributed by atoms with van der Waals surface area (Å²) >= 11 is 0. The van der Waals surface area contributed by atoms with Crippen LogP contribution in [-0.2, 0) is 4.74 Å². The van der Waals surface area contributed by atoms with Crippen LogP contribution in [0.1, 0.15) is 10.4 Å². The maximum absolute atomic E-state index is 12.1. The Morgan fingerprint density at radius 1 is 1.36 bits per heavy atom. The molecule has 2 amide bonds. The molecule has 1 aromatic carbocycles. The molecule has 22 heavy (non-hydrogen) atoms. The molecule has 1 aromatic heterocycles. The quantitative estimate of drug-likeness (QED) is 0.854. The standard InChI is InChI=1S/C15H14N2O5/c1-17-8-10(21-15(17)20)7-16-13(18)11-6-9-4-2-3-5-12(9)22-14(11)19/h2-6,10H,7-8H2,1H3,(H,16,18). The molecule has 1 unspecified atom stereocenters. The molecule has 2 aromatic rings. The number of hydrogen-bond acceptors (Lipinski definition) is 5. The number of rotatable bonds is 3. The number of ether oxygens (including phenoxy) is 1. The van der Waals surface area contributed by atoms with Gasteiger partial charge in [0.1, 0.15) is 17.3 Å². The Hall–Kier alpha value is -2.83. The average molecular weight is 302 g/mol. The van der Waals surface area contributed by atoms with Crippen LogP contribution in [0.15, 0.2) is 39.5 Å². The molecule has 0 bridgehead atoms. The largest absolute Gasteiger partial charge is 0.442 e. The minimum absolute atomic E-state index is 0.0728. The van der Waals surface area contributed by atoms with Gasteiger partial charge in [0.25, 0.3) is 5.91 Å². The Bertz CT molecular complexity index is 798. The van der Waals surface area contributed by atoms with Crippen LogP contribution in [0.5, 0.6) is 0 Å². The molecular formula is C15H14N2O5. The number of cyclic esters (lactones) is 1. The van der Waals surface area contributed by atoms with Gasteiger partial charge >= 0.3 is 11.7 Å². The highest BCUT2D eigenvalue weighted by Crippen LogP contribution is 2.13. The fraction of sp³-hybridized carbons (Fsp3) is 0.267. The molecule has 2 heterocycles. The maximum Gasteiger partial charge on any atom is 0.410 e. The Morgan fingerprint density at radius 2 is 2.14 bits per heavy atom. The summed E-state index contributed by atoms with van der Waals surface area (Å²) in [4.78, 5) is 36.6. The van der Waals surface area contributed by atoms with Crippen molar-refractivity contribution in [2.45, 2.75) is 6.10 Å². The minimum atomic E-state index is -0.697. The molecule has 0 radical (unpaired) electrons. The number of hydrogen-bond donors (Lipinski definition) is 1. The Morgan fingerprint density at radius 3 is 2.86 bits per heavy atom. The van der Waals surface area contributed by atoms with Crippen LogP contribution < -0.4 is 10.9 Å². The van der Waals surface area contributed by atoms with Gasteiger partial charge in [-0.25, -0.2) is 9.59 Å². The monoisotopic (exact) mass is 302 g/mol. The van der Waals surface area contributed by atoms with Crippen LogP contribution in [-0.4, -0.2) is 43.1 Å². The van der Waals surface area contributed by atoms with Gasteiger partial charge in [0.05, 0.1) is 13.1 Å². The molecule has 1 aliphatic heterocycles. The highest BCUT2D eigenvalue weighted by Gasteiger charge is 2.28. The Labute approximate surface area is 125 Å². The van der Waals surface area contributed by atoms with E-state index in [1.54, 1.807) is 31.3 Å². The second kappa shape index (κ2) is 5.51. The number of benzene rings is 1. The zero-order chi connectivity index (χ0) is 15.7. The zero-order valence-electron chi connectivity index (χ0n) is 11.9. The van der Waals surface area contributed by atoms with Crippen molar-refractivity contribution < 1.29 is 18.7 Å². The molecule has 3 rings (SSSR count). The maximum atomic E-state index is 12.1. The SMILES string of the molecule is CN1CC(CNC(=O)c2cc3ccccc3oc2=O)OC1=O. The summed E-state index contributed by atoms with van der Waals surface area (Å²) in [5.74, 6) is -0.551. The number of nitrogens with one attached hydrogen (secondary N) is 1. The van der Waals surface area contributed by atoms with Crippen molar-refractivity contribution in [3.8, 4) is 0 Å². The third kappa shape index (κ3) is 2.65. The van der Waals surface area contributed by atoms with Gasteiger partial charge in [-0.15, -0.1) is 0 Å². The van der Waals surface area contributed by atoms with Gasteiger partial charge in [0, 0.05) is 12.4 Å². The fourth-order valence-electron chi connectivity index (χ4n) is 2.28. The van der Waals surface area contributed by atoms with E-state index in [0.717, 1.165) is 0 Å². The van der Waals surface area contributed by atoms with E-state index in [4.69, 9.17) is 9.15 Å². The molecule has 114 valence electrons. The smallest absolute Gasteiger partial charge is 0.410 e. The topological polar surface area (TPSA) is 88.8 Å². The predicted octanol–water partition coefficient (Wildman–Crippen LogP) is 0.973. The van der Waals surface area contributed by atoms with E-state index >= 15 is 0 Å². The molecule has 1 aliphatic rings. The minimum Gasteiger partial charge on any atom is -0.442 e. The molecule has 7 nitrogen and oxygen atoms in total. The van der Waals surface area contributed by atoms with Gasteiger partial charge in [0.2, 0.25) is 0 Å². The summed E-state index contributed by atoms with van der Waals surface area (Å²) in [7, 11) is 1.61. The number of carbonyl (C=O) groups excluding carboxylic acids is 2. The summed E-state index contributed by atoms with van der Waals surface area (Å²) in [6, 6.07) is 8.44. The first-order valence-corrected chi connectivity index (χ1v) is 6.77. The van der Waals surface area contributed by atoms with Crippen LogP contribution in [0.25, 0.3) is 11.0 Å². The fourth-order valence-corrected chi connectivity index (χ4v) is 2.28. The predicted molar refractivity (Wildman–Crippen MR) is 77.7 cm³/mol. The van der Waals surface area contributed by atoms with Gasteiger partial charge in [0.15, 0.2) is 0 Å². The van der Waals surface area contributed by atoms with Crippen molar-refractivity contribution in [2.24, 2.45) is 0 Å². The average Bonchev–Trinajstić information content (AvgIpc) is 2.82. The van der Waals surface area contributed by atoms with E-state index in [1.165, 1.54) is 11.0 Å². The number of fused-ring (bicyclic) bond motifs is 1. The van der Waals surface area contributed by atoms with E-state index in [1.807, 2.05) is 0 Å². The van der Waals surface area contributed by atoms with E-state index in [-0.39, 0.29) is 12.1 Å². The molecular weight excluding hydrogens is 288 g/mol. The second-order valence-electron chi connectivity index (χ2n) is 5.08. The van der Waals surface area contributed by atoms with E-state index in [2.05, 4.69) is 5.32 Å². The van der Waals surface area contributed by atoms with Crippen molar-refractivity contribution in [3.63, 3.8) is 0 Å². The molecule has 7 heteroatoms. The molecule has 0 saturated carbocycles. The number of amides is 2. The first-order valence-electron chi connectivity index (χ1n) is 6.77. The van der Waals surface area contributed by atoms with Gasteiger partial charge in [-0.2, -0.15) is 0 Å². The molecule has 1 atom stereocenters. The summed E-state index contributed by atoms with van der Waals surface area (Å²) in [5.41, 5.74) is -0.344. The van der Waals surface area contributed by atoms with Gasteiger partial charge in [-0.1, -0.05) is 18.2 Å². The highest BCUT2D eigenvalue weighted by molar-refractivity contribution is 5.96. The highest BCUT2D eigenvalue weighted by atomic mass is 16.6. The van der Waals surface area contributed by atoms with Crippen molar-refractivity contribution in [1.29, 1.82) is 0 Å². The Balaban J connectivity index is 1.74. The van der Waals surface area contributed by atoms with Crippen LogP contribution in [0.3, 0.4) is 0 Å². The molecule has 1 saturated heterocycles. The van der Waals surface area contributed by atoms with Gasteiger partial charge in [-0.05, 0) is 12.1 Å². The summed E-state index contributed by atoms with van der Waals surface area (Å²) < 4.78 is 10.1. The van der Waals surface area contributed by atoms with Crippen LogP contribution >= 0.6 is 0 Å². The molecule has 1 fully saturated rings. The summed E-state index contributed by atoms with van der Waals surface area (Å²) in [6.45, 7) is 0.534. The first-order chi connectivity index (χ1) is 10.5.